The maximum absolute atomic E-state index is 12.2. The van der Waals surface area contributed by atoms with Crippen molar-refractivity contribution in [2.24, 2.45) is 0 Å². The Morgan fingerprint density at radius 1 is 1.63 bits per heavy atom. The van der Waals surface area contributed by atoms with Crippen LogP contribution in [-0.4, -0.2) is 38.3 Å². The second-order valence-electron chi connectivity index (χ2n) is 5.05. The lowest BCUT2D eigenvalue weighted by Gasteiger charge is -2.28. The number of nitrogens with one attached hydrogen (secondary N) is 2. The van der Waals surface area contributed by atoms with Gasteiger partial charge in [0.25, 0.3) is 5.91 Å². The van der Waals surface area contributed by atoms with Gasteiger partial charge in [0.1, 0.15) is 0 Å². The SMILES string of the molecule is CCc1ccsc1C(=O)NCC1(COC)CCCN1. The van der Waals surface area contributed by atoms with Gasteiger partial charge in [0, 0.05) is 13.7 Å². The Kier molecular flexibility index (Phi) is 4.96. The molecular formula is C14H22N2O2S. The van der Waals surface area contributed by atoms with Gasteiger partial charge in [-0.25, -0.2) is 0 Å². The zero-order valence-corrected chi connectivity index (χ0v) is 12.4. The van der Waals surface area contributed by atoms with Crippen LogP contribution in [0.5, 0.6) is 0 Å². The Morgan fingerprint density at radius 3 is 3.11 bits per heavy atom. The topological polar surface area (TPSA) is 50.4 Å². The van der Waals surface area contributed by atoms with E-state index in [0.29, 0.717) is 13.2 Å². The second-order valence-corrected chi connectivity index (χ2v) is 5.97. The summed E-state index contributed by atoms with van der Waals surface area (Å²) in [6, 6.07) is 2.03. The van der Waals surface area contributed by atoms with Crippen LogP contribution < -0.4 is 10.6 Å². The highest BCUT2D eigenvalue weighted by Crippen LogP contribution is 2.20. The summed E-state index contributed by atoms with van der Waals surface area (Å²) in [5.41, 5.74) is 1.04. The van der Waals surface area contributed by atoms with E-state index in [1.54, 1.807) is 7.11 Å². The van der Waals surface area contributed by atoms with Crippen LogP contribution in [0, 0.1) is 0 Å². The maximum atomic E-state index is 12.2. The first-order valence-electron chi connectivity index (χ1n) is 6.79. The minimum absolute atomic E-state index is 0.0380. The summed E-state index contributed by atoms with van der Waals surface area (Å²) in [5.74, 6) is 0.0380. The predicted octanol–water partition coefficient (Wildman–Crippen LogP) is 1.81. The van der Waals surface area contributed by atoms with Gasteiger partial charge in [-0.1, -0.05) is 6.92 Å². The van der Waals surface area contributed by atoms with E-state index in [0.717, 1.165) is 36.2 Å². The van der Waals surface area contributed by atoms with E-state index >= 15 is 0 Å². The fourth-order valence-electron chi connectivity index (χ4n) is 2.61. The van der Waals surface area contributed by atoms with E-state index < -0.39 is 0 Å². The number of hydrogen-bond donors (Lipinski definition) is 2. The van der Waals surface area contributed by atoms with Gasteiger partial charge in [-0.3, -0.25) is 4.79 Å². The molecule has 1 aromatic heterocycles. The number of ether oxygens (including phenoxy) is 1. The minimum Gasteiger partial charge on any atom is -0.383 e. The van der Waals surface area contributed by atoms with E-state index in [1.165, 1.54) is 11.3 Å². The molecule has 2 heterocycles. The molecule has 19 heavy (non-hydrogen) atoms. The maximum Gasteiger partial charge on any atom is 0.261 e. The van der Waals surface area contributed by atoms with Crippen LogP contribution in [0.3, 0.4) is 0 Å². The number of carbonyl (C=O) groups excluding carboxylic acids is 1. The molecule has 2 rings (SSSR count). The molecule has 0 saturated carbocycles. The van der Waals surface area contributed by atoms with Gasteiger partial charge in [0.2, 0.25) is 0 Å². The van der Waals surface area contributed by atoms with Crippen LogP contribution >= 0.6 is 11.3 Å². The van der Waals surface area contributed by atoms with Crippen LogP contribution in [0.2, 0.25) is 0 Å². The first-order chi connectivity index (χ1) is 9.21. The van der Waals surface area contributed by atoms with E-state index in [9.17, 15) is 4.79 Å². The number of methoxy groups -OCH3 is 1. The van der Waals surface area contributed by atoms with E-state index in [1.807, 2.05) is 11.4 Å². The first-order valence-corrected chi connectivity index (χ1v) is 7.67. The zero-order chi connectivity index (χ0) is 13.7. The van der Waals surface area contributed by atoms with Gasteiger partial charge >= 0.3 is 0 Å². The fraction of sp³-hybridized carbons (Fsp3) is 0.643. The highest BCUT2D eigenvalue weighted by Gasteiger charge is 2.34. The summed E-state index contributed by atoms with van der Waals surface area (Å²) in [5, 5.41) is 8.50. The Hall–Kier alpha value is -0.910. The summed E-state index contributed by atoms with van der Waals surface area (Å²) in [4.78, 5) is 13.1. The molecule has 1 atom stereocenters. The monoisotopic (exact) mass is 282 g/mol. The van der Waals surface area contributed by atoms with Gasteiger partial charge in [-0.05, 0) is 42.8 Å². The third-order valence-corrected chi connectivity index (χ3v) is 4.63. The molecule has 106 valence electrons. The molecular weight excluding hydrogens is 260 g/mol. The summed E-state index contributed by atoms with van der Waals surface area (Å²) >= 11 is 1.51. The molecule has 1 fully saturated rings. The highest BCUT2D eigenvalue weighted by atomic mass is 32.1. The number of aryl methyl sites for hydroxylation is 1. The molecule has 4 nitrogen and oxygen atoms in total. The number of hydrogen-bond acceptors (Lipinski definition) is 4. The standard InChI is InChI=1S/C14H22N2O2S/c1-3-11-5-8-19-12(11)13(17)15-9-14(10-18-2)6-4-7-16-14/h5,8,16H,3-4,6-7,9-10H2,1-2H3,(H,15,17). The first kappa shape index (κ1) is 14.5. The summed E-state index contributed by atoms with van der Waals surface area (Å²) in [6.07, 6.45) is 3.08. The third-order valence-electron chi connectivity index (χ3n) is 3.67. The van der Waals surface area contributed by atoms with Gasteiger partial charge in [-0.15, -0.1) is 11.3 Å². The summed E-state index contributed by atoms with van der Waals surface area (Å²) in [7, 11) is 1.71. The van der Waals surface area contributed by atoms with Crippen molar-refractivity contribution in [3.63, 3.8) is 0 Å². The molecule has 1 aliphatic heterocycles. The largest absolute Gasteiger partial charge is 0.383 e. The molecule has 1 saturated heterocycles. The molecule has 0 bridgehead atoms. The smallest absolute Gasteiger partial charge is 0.261 e. The molecule has 1 aromatic rings. The van der Waals surface area contributed by atoms with Gasteiger partial charge in [0.15, 0.2) is 0 Å². The molecule has 0 radical (unpaired) electrons. The van der Waals surface area contributed by atoms with Crippen molar-refractivity contribution in [2.75, 3.05) is 26.8 Å². The van der Waals surface area contributed by atoms with Crippen molar-refractivity contribution in [1.29, 1.82) is 0 Å². The van der Waals surface area contributed by atoms with Crippen molar-refractivity contribution in [2.45, 2.75) is 31.7 Å². The lowest BCUT2D eigenvalue weighted by atomic mass is 9.98. The quantitative estimate of drug-likeness (QED) is 0.836. The molecule has 1 unspecified atom stereocenters. The Labute approximate surface area is 118 Å². The van der Waals surface area contributed by atoms with Crippen LogP contribution in [0.4, 0.5) is 0 Å². The van der Waals surface area contributed by atoms with Crippen LogP contribution in [0.15, 0.2) is 11.4 Å². The van der Waals surface area contributed by atoms with Crippen molar-refractivity contribution in [1.82, 2.24) is 10.6 Å². The third kappa shape index (κ3) is 3.35. The van der Waals surface area contributed by atoms with Gasteiger partial charge < -0.3 is 15.4 Å². The summed E-state index contributed by atoms with van der Waals surface area (Å²) in [6.45, 7) is 4.33. The Bertz CT molecular complexity index is 425. The molecule has 5 heteroatoms. The number of carbonyl (C=O) groups is 1. The second kappa shape index (κ2) is 6.50. The predicted molar refractivity (Wildman–Crippen MR) is 77.9 cm³/mol. The Balaban J connectivity index is 1.95. The van der Waals surface area contributed by atoms with Crippen LogP contribution in [0.25, 0.3) is 0 Å². The molecule has 1 aliphatic rings. The lowest BCUT2D eigenvalue weighted by molar-refractivity contribution is 0.0895. The van der Waals surface area contributed by atoms with Gasteiger partial charge in [-0.2, -0.15) is 0 Å². The van der Waals surface area contributed by atoms with Crippen LogP contribution in [-0.2, 0) is 11.2 Å². The molecule has 0 aromatic carbocycles. The van der Waals surface area contributed by atoms with Crippen molar-refractivity contribution in [3.05, 3.63) is 21.9 Å². The van der Waals surface area contributed by atoms with Crippen molar-refractivity contribution >= 4 is 17.2 Å². The lowest BCUT2D eigenvalue weighted by Crippen LogP contribution is -2.52. The number of amides is 1. The molecule has 0 spiro atoms. The average molecular weight is 282 g/mol. The molecule has 0 aliphatic carbocycles. The van der Waals surface area contributed by atoms with E-state index in [2.05, 4.69) is 17.6 Å². The minimum atomic E-state index is -0.0892. The number of thiophene rings is 1. The van der Waals surface area contributed by atoms with Crippen molar-refractivity contribution in [3.8, 4) is 0 Å². The van der Waals surface area contributed by atoms with Crippen LogP contribution in [0.1, 0.15) is 35.0 Å². The van der Waals surface area contributed by atoms with Gasteiger partial charge in [0.05, 0.1) is 17.0 Å². The fourth-order valence-corrected chi connectivity index (χ4v) is 3.52. The molecule has 2 N–H and O–H groups in total. The van der Waals surface area contributed by atoms with Crippen molar-refractivity contribution < 1.29 is 9.53 Å². The Morgan fingerprint density at radius 2 is 2.47 bits per heavy atom. The van der Waals surface area contributed by atoms with E-state index in [-0.39, 0.29) is 11.4 Å². The zero-order valence-electron chi connectivity index (χ0n) is 11.6. The average Bonchev–Trinajstić information content (AvgIpc) is 3.05. The molecule has 1 amide bonds. The number of rotatable bonds is 6. The highest BCUT2D eigenvalue weighted by molar-refractivity contribution is 7.12. The van der Waals surface area contributed by atoms with E-state index in [4.69, 9.17) is 4.74 Å². The normalized spacial score (nSPS) is 22.6. The summed E-state index contributed by atoms with van der Waals surface area (Å²) < 4.78 is 5.29.